The second-order valence-electron chi connectivity index (χ2n) is 13.5. The molecule has 49 heavy (non-hydrogen) atoms. The molecule has 11 nitrogen and oxygen atoms in total. The minimum Gasteiger partial charge on any atom is -0.351 e. The quantitative estimate of drug-likeness (QED) is 0.210. The number of nitro benzene ring substituents is 1. The second kappa shape index (κ2) is 14.8. The topological polar surface area (TPSA) is 133 Å². The van der Waals surface area contributed by atoms with Crippen molar-refractivity contribution in [3.05, 3.63) is 98.1 Å². The number of rotatable bonds is 11. The van der Waals surface area contributed by atoms with E-state index in [2.05, 4.69) is 20.4 Å². The van der Waals surface area contributed by atoms with Crippen molar-refractivity contribution in [1.29, 1.82) is 0 Å². The molecule has 4 heterocycles. The summed E-state index contributed by atoms with van der Waals surface area (Å²) >= 11 is 0. The Balaban J connectivity index is 0.980. The van der Waals surface area contributed by atoms with Crippen molar-refractivity contribution >= 4 is 40.3 Å². The van der Waals surface area contributed by atoms with Crippen LogP contribution < -0.4 is 10.6 Å². The standard InChI is InChI=1S/C38H43N7O4/c46-37(39-13-19-43-15-3-1-4-16-43)27-8-11-32-29(21-27)23-34(41-32)26-7-10-31(36(25-26)45(48)49)35-24-30-22-28(9-12-33(30)42-35)38(47)40-14-20-44-17-5-2-6-18-44/h7-12,21-22,25H,1-6,13-20,23-24H2,(H,39,46)(H,40,47). The number of hydrogen-bond donors (Lipinski definition) is 2. The maximum absolute atomic E-state index is 12.9. The Hall–Kier alpha value is -4.74. The molecule has 4 aliphatic rings. The maximum Gasteiger partial charge on any atom is 0.279 e. The first kappa shape index (κ1) is 32.8. The summed E-state index contributed by atoms with van der Waals surface area (Å²) in [4.78, 5) is 52.0. The first-order valence-corrected chi connectivity index (χ1v) is 17.6. The molecule has 0 spiro atoms. The highest BCUT2D eigenvalue weighted by Gasteiger charge is 2.27. The van der Waals surface area contributed by atoms with E-state index in [0.29, 0.717) is 53.9 Å². The lowest BCUT2D eigenvalue weighted by Gasteiger charge is -2.26. The largest absolute Gasteiger partial charge is 0.351 e. The second-order valence-corrected chi connectivity index (χ2v) is 13.5. The number of hydrogen-bond acceptors (Lipinski definition) is 8. The lowest BCUT2D eigenvalue weighted by Crippen LogP contribution is -2.37. The van der Waals surface area contributed by atoms with E-state index in [1.54, 1.807) is 24.3 Å². The van der Waals surface area contributed by atoms with Crippen LogP contribution in [0.2, 0.25) is 0 Å². The third-order valence-electron chi connectivity index (χ3n) is 10.1. The van der Waals surface area contributed by atoms with Gasteiger partial charge in [-0.05, 0) is 105 Å². The van der Waals surface area contributed by atoms with Crippen molar-refractivity contribution in [3.8, 4) is 0 Å². The van der Waals surface area contributed by atoms with E-state index in [1.807, 2.05) is 30.3 Å². The number of fused-ring (bicyclic) bond motifs is 2. The fraction of sp³-hybridized carbons (Fsp3) is 0.421. The predicted octanol–water partition coefficient (Wildman–Crippen LogP) is 5.38. The maximum atomic E-state index is 12.9. The highest BCUT2D eigenvalue weighted by molar-refractivity contribution is 6.12. The smallest absolute Gasteiger partial charge is 0.279 e. The Morgan fingerprint density at radius 2 is 1.18 bits per heavy atom. The van der Waals surface area contributed by atoms with E-state index < -0.39 is 0 Å². The van der Waals surface area contributed by atoms with Gasteiger partial charge in [0.05, 0.1) is 33.3 Å². The molecule has 2 amide bonds. The molecular weight excluding hydrogens is 618 g/mol. The highest BCUT2D eigenvalue weighted by atomic mass is 16.6. The molecule has 2 N–H and O–H groups in total. The van der Waals surface area contributed by atoms with E-state index in [-0.39, 0.29) is 22.4 Å². The SMILES string of the molecule is O=C(NCCN1CCCCC1)c1ccc2c(c1)CC(c1ccc(C3=Nc4ccc(C(=O)NCCN5CCCCC5)cc4C3)c([N+](=O)[O-])c1)=N2. The van der Waals surface area contributed by atoms with E-state index in [0.717, 1.165) is 67.5 Å². The zero-order valence-electron chi connectivity index (χ0n) is 27.9. The Bertz CT molecular complexity index is 1820. The molecule has 11 heteroatoms. The Morgan fingerprint density at radius 1 is 0.673 bits per heavy atom. The van der Waals surface area contributed by atoms with Crippen molar-refractivity contribution in [3.63, 3.8) is 0 Å². The molecule has 2 saturated heterocycles. The summed E-state index contributed by atoms with van der Waals surface area (Å²) in [6.07, 6.45) is 8.32. The van der Waals surface area contributed by atoms with E-state index in [9.17, 15) is 19.7 Å². The molecule has 0 radical (unpaired) electrons. The van der Waals surface area contributed by atoms with Gasteiger partial charge >= 0.3 is 0 Å². The average molecular weight is 662 g/mol. The van der Waals surface area contributed by atoms with Gasteiger partial charge in [0.25, 0.3) is 17.5 Å². The molecule has 0 atom stereocenters. The zero-order chi connectivity index (χ0) is 33.7. The van der Waals surface area contributed by atoms with Crippen molar-refractivity contribution < 1.29 is 14.5 Å². The minimum atomic E-state index is -0.374. The summed E-state index contributed by atoms with van der Waals surface area (Å²) in [5.74, 6) is -0.227. The third-order valence-corrected chi connectivity index (χ3v) is 10.1. The van der Waals surface area contributed by atoms with Gasteiger partial charge in [0.1, 0.15) is 0 Å². The van der Waals surface area contributed by atoms with Gasteiger partial charge in [-0.25, -0.2) is 0 Å². The molecule has 7 rings (SSSR count). The molecule has 3 aromatic rings. The fourth-order valence-corrected chi connectivity index (χ4v) is 7.34. The van der Waals surface area contributed by atoms with Gasteiger partial charge in [-0.1, -0.05) is 18.9 Å². The lowest BCUT2D eigenvalue weighted by atomic mass is 9.97. The number of nitrogens with one attached hydrogen (secondary N) is 2. The highest BCUT2D eigenvalue weighted by Crippen LogP contribution is 2.35. The first-order valence-electron chi connectivity index (χ1n) is 17.6. The van der Waals surface area contributed by atoms with Crippen LogP contribution in [0.25, 0.3) is 0 Å². The number of carbonyl (C=O) groups is 2. The number of nitrogens with zero attached hydrogens (tertiary/aromatic N) is 5. The van der Waals surface area contributed by atoms with Crippen LogP contribution in [0.3, 0.4) is 0 Å². The average Bonchev–Trinajstić information content (AvgIpc) is 3.76. The van der Waals surface area contributed by atoms with Crippen LogP contribution in [0.5, 0.6) is 0 Å². The third kappa shape index (κ3) is 7.63. The molecule has 0 saturated carbocycles. The zero-order valence-corrected chi connectivity index (χ0v) is 27.9. The van der Waals surface area contributed by atoms with Crippen LogP contribution >= 0.6 is 0 Å². The van der Waals surface area contributed by atoms with Gasteiger partial charge in [-0.3, -0.25) is 29.7 Å². The summed E-state index contributed by atoms with van der Waals surface area (Å²) in [6, 6.07) is 16.1. The normalized spacial score (nSPS) is 17.6. The van der Waals surface area contributed by atoms with E-state index >= 15 is 0 Å². The van der Waals surface area contributed by atoms with Crippen LogP contribution in [0.4, 0.5) is 17.1 Å². The van der Waals surface area contributed by atoms with Crippen LogP contribution in [0.1, 0.15) is 81.5 Å². The number of nitro groups is 1. The van der Waals surface area contributed by atoms with Gasteiger partial charge in [-0.15, -0.1) is 0 Å². The van der Waals surface area contributed by atoms with Crippen molar-refractivity contribution in [2.24, 2.45) is 9.98 Å². The summed E-state index contributed by atoms with van der Waals surface area (Å²) in [5, 5.41) is 18.4. The number of aliphatic imine (C=N–C) groups is 2. The van der Waals surface area contributed by atoms with Gasteiger partial charge in [0, 0.05) is 61.8 Å². The van der Waals surface area contributed by atoms with Crippen molar-refractivity contribution in [2.75, 3.05) is 52.4 Å². The molecule has 254 valence electrons. The van der Waals surface area contributed by atoms with E-state index in [4.69, 9.17) is 9.98 Å². The van der Waals surface area contributed by atoms with Crippen LogP contribution in [0, 0.1) is 10.1 Å². The van der Waals surface area contributed by atoms with Gasteiger partial charge in [0.15, 0.2) is 0 Å². The van der Waals surface area contributed by atoms with Crippen LogP contribution in [0.15, 0.2) is 64.6 Å². The molecule has 3 aromatic carbocycles. The van der Waals surface area contributed by atoms with Gasteiger partial charge in [-0.2, -0.15) is 0 Å². The molecule has 0 aliphatic carbocycles. The molecule has 4 aliphatic heterocycles. The van der Waals surface area contributed by atoms with Crippen LogP contribution in [-0.4, -0.2) is 90.3 Å². The molecule has 2 fully saturated rings. The Morgan fingerprint density at radius 3 is 1.71 bits per heavy atom. The summed E-state index contributed by atoms with van der Waals surface area (Å²) in [7, 11) is 0. The van der Waals surface area contributed by atoms with E-state index in [1.165, 1.54) is 38.5 Å². The van der Waals surface area contributed by atoms with Crippen LogP contribution in [-0.2, 0) is 12.8 Å². The first-order chi connectivity index (χ1) is 23.9. The monoisotopic (exact) mass is 661 g/mol. The summed E-state index contributed by atoms with van der Waals surface area (Å²) in [5.41, 5.74) is 6.86. The Labute approximate surface area is 286 Å². The minimum absolute atomic E-state index is 0.0350. The summed E-state index contributed by atoms with van der Waals surface area (Å²) < 4.78 is 0. The molecule has 0 aromatic heterocycles. The number of likely N-dealkylation sites (tertiary alicyclic amines) is 2. The number of piperidine rings is 2. The molecule has 0 unspecified atom stereocenters. The molecular formula is C38H43N7O4. The summed E-state index contributed by atoms with van der Waals surface area (Å²) in [6.45, 7) is 7.27. The van der Waals surface area contributed by atoms with Gasteiger partial charge in [0.2, 0.25) is 0 Å². The fourth-order valence-electron chi connectivity index (χ4n) is 7.34. The Kier molecular flexibility index (Phi) is 9.90. The number of amides is 2. The van der Waals surface area contributed by atoms with Crippen molar-refractivity contribution in [1.82, 2.24) is 20.4 Å². The predicted molar refractivity (Wildman–Crippen MR) is 191 cm³/mol. The number of benzene rings is 3. The lowest BCUT2D eigenvalue weighted by molar-refractivity contribution is -0.385. The molecule has 0 bridgehead atoms. The number of carbonyl (C=O) groups excluding carboxylic acids is 2. The van der Waals surface area contributed by atoms with Crippen molar-refractivity contribution in [2.45, 2.75) is 51.4 Å². The van der Waals surface area contributed by atoms with Gasteiger partial charge < -0.3 is 20.4 Å².